The van der Waals surface area contributed by atoms with E-state index in [1.807, 2.05) is 30.3 Å². The van der Waals surface area contributed by atoms with Gasteiger partial charge in [-0.3, -0.25) is 4.98 Å². The lowest BCUT2D eigenvalue weighted by Gasteiger charge is -2.08. The second-order valence-corrected chi connectivity index (χ2v) is 4.06. The first-order chi connectivity index (χ1) is 8.84. The van der Waals surface area contributed by atoms with Crippen molar-refractivity contribution in [3.05, 3.63) is 54.1 Å². The highest BCUT2D eigenvalue weighted by atomic mass is 35.5. The van der Waals surface area contributed by atoms with Crippen molar-refractivity contribution < 1.29 is 0 Å². The van der Waals surface area contributed by atoms with Crippen molar-refractivity contribution in [2.24, 2.45) is 0 Å². The van der Waals surface area contributed by atoms with Crippen molar-refractivity contribution in [1.82, 2.24) is 15.0 Å². The molecule has 0 saturated carbocycles. The van der Waals surface area contributed by atoms with E-state index < -0.39 is 0 Å². The van der Waals surface area contributed by atoms with Crippen LogP contribution < -0.4 is 5.32 Å². The molecule has 0 spiro atoms. The maximum absolute atomic E-state index is 5.97. The average Bonchev–Trinajstić information content (AvgIpc) is 2.42. The zero-order chi connectivity index (χ0) is 12.4. The molecule has 1 N–H and O–H groups in total. The third-order valence-corrected chi connectivity index (χ3v) is 2.82. The molecule has 0 bridgehead atoms. The molecule has 2 aromatic heterocycles. The van der Waals surface area contributed by atoms with Crippen molar-refractivity contribution in [2.75, 3.05) is 5.32 Å². The Kier molecular flexibility index (Phi) is 2.78. The van der Waals surface area contributed by atoms with E-state index in [-0.39, 0.29) is 0 Å². The highest BCUT2D eigenvalue weighted by molar-refractivity contribution is 6.31. The third kappa shape index (κ3) is 1.98. The second kappa shape index (κ2) is 4.58. The molecule has 0 atom stereocenters. The Balaban J connectivity index is 2.08. The first-order valence-corrected chi connectivity index (χ1v) is 5.80. The molecule has 0 aliphatic heterocycles. The minimum Gasteiger partial charge on any atom is -0.336 e. The Hall–Kier alpha value is -2.20. The molecule has 2 heterocycles. The van der Waals surface area contributed by atoms with E-state index in [2.05, 4.69) is 20.3 Å². The van der Waals surface area contributed by atoms with Crippen molar-refractivity contribution in [2.45, 2.75) is 0 Å². The molecule has 0 fully saturated rings. The van der Waals surface area contributed by atoms with Crippen LogP contribution in [0.3, 0.4) is 0 Å². The molecule has 4 nitrogen and oxygen atoms in total. The van der Waals surface area contributed by atoms with Gasteiger partial charge in [0.2, 0.25) is 0 Å². The maximum Gasteiger partial charge on any atom is 0.171 e. The summed E-state index contributed by atoms with van der Waals surface area (Å²) in [6, 6.07) is 9.80. The van der Waals surface area contributed by atoms with E-state index in [0.29, 0.717) is 11.0 Å². The van der Waals surface area contributed by atoms with E-state index in [0.717, 1.165) is 16.6 Å². The number of hydrogen-bond acceptors (Lipinski definition) is 4. The van der Waals surface area contributed by atoms with Crippen molar-refractivity contribution >= 4 is 34.0 Å². The van der Waals surface area contributed by atoms with E-state index in [4.69, 9.17) is 11.6 Å². The standard InChI is InChI=1S/C13H9ClN4/c14-12-13(17-8-7-16-12)18-10-5-1-3-9-4-2-6-15-11(9)10/h1-8H,(H,17,18). The Labute approximate surface area is 109 Å². The van der Waals surface area contributed by atoms with Crippen LogP contribution in [0.1, 0.15) is 0 Å². The number of nitrogens with one attached hydrogen (secondary N) is 1. The molecule has 88 valence electrons. The number of nitrogens with zero attached hydrogens (tertiary/aromatic N) is 3. The number of benzene rings is 1. The van der Waals surface area contributed by atoms with Crippen LogP contribution in [0.25, 0.3) is 10.9 Å². The summed E-state index contributed by atoms with van der Waals surface area (Å²) in [5.74, 6) is 0.525. The maximum atomic E-state index is 5.97. The first kappa shape index (κ1) is 10.9. The summed E-state index contributed by atoms with van der Waals surface area (Å²) in [5.41, 5.74) is 1.73. The molecule has 1 aromatic carbocycles. The zero-order valence-electron chi connectivity index (χ0n) is 9.34. The largest absolute Gasteiger partial charge is 0.336 e. The summed E-state index contributed by atoms with van der Waals surface area (Å²) < 4.78 is 0. The molecule has 5 heteroatoms. The summed E-state index contributed by atoms with van der Waals surface area (Å²) in [6.07, 6.45) is 4.90. The van der Waals surface area contributed by atoms with Crippen LogP contribution in [0.15, 0.2) is 48.9 Å². The topological polar surface area (TPSA) is 50.7 Å². The van der Waals surface area contributed by atoms with Gasteiger partial charge in [-0.1, -0.05) is 29.8 Å². The fourth-order valence-electron chi connectivity index (χ4n) is 1.74. The molecule has 0 aliphatic rings. The Morgan fingerprint density at radius 3 is 2.61 bits per heavy atom. The van der Waals surface area contributed by atoms with Gasteiger partial charge in [-0.15, -0.1) is 0 Å². The first-order valence-electron chi connectivity index (χ1n) is 5.42. The van der Waals surface area contributed by atoms with E-state index in [1.54, 1.807) is 18.6 Å². The van der Waals surface area contributed by atoms with Gasteiger partial charge in [0.25, 0.3) is 0 Å². The summed E-state index contributed by atoms with van der Waals surface area (Å²) in [4.78, 5) is 12.5. The number of para-hydroxylation sites is 1. The number of anilines is 2. The Morgan fingerprint density at radius 1 is 0.889 bits per heavy atom. The zero-order valence-corrected chi connectivity index (χ0v) is 10.1. The molecule has 0 unspecified atom stereocenters. The number of rotatable bonds is 2. The van der Waals surface area contributed by atoms with Gasteiger partial charge in [0.05, 0.1) is 11.2 Å². The molecule has 3 rings (SSSR count). The molecule has 0 amide bonds. The van der Waals surface area contributed by atoms with Crippen molar-refractivity contribution in [3.63, 3.8) is 0 Å². The van der Waals surface area contributed by atoms with E-state index >= 15 is 0 Å². The van der Waals surface area contributed by atoms with Gasteiger partial charge in [-0.25, -0.2) is 9.97 Å². The van der Waals surface area contributed by atoms with Crippen LogP contribution in [-0.4, -0.2) is 15.0 Å². The number of halogens is 1. The van der Waals surface area contributed by atoms with Gasteiger partial charge in [-0.05, 0) is 12.1 Å². The van der Waals surface area contributed by atoms with Gasteiger partial charge in [0, 0.05) is 24.0 Å². The second-order valence-electron chi connectivity index (χ2n) is 3.70. The van der Waals surface area contributed by atoms with E-state index in [1.165, 1.54) is 0 Å². The fourth-order valence-corrected chi connectivity index (χ4v) is 1.89. The minimum atomic E-state index is 0.338. The van der Waals surface area contributed by atoms with Gasteiger partial charge >= 0.3 is 0 Å². The predicted molar refractivity (Wildman–Crippen MR) is 72.1 cm³/mol. The smallest absolute Gasteiger partial charge is 0.171 e. The van der Waals surface area contributed by atoms with Crippen LogP contribution in [0.4, 0.5) is 11.5 Å². The molecule has 18 heavy (non-hydrogen) atoms. The SMILES string of the molecule is Clc1nccnc1Nc1cccc2cccnc12. The van der Waals surface area contributed by atoms with Crippen LogP contribution in [-0.2, 0) is 0 Å². The summed E-state index contributed by atoms with van der Waals surface area (Å²) in [7, 11) is 0. The molecule has 0 radical (unpaired) electrons. The van der Waals surface area contributed by atoms with E-state index in [9.17, 15) is 0 Å². The predicted octanol–water partition coefficient (Wildman–Crippen LogP) is 3.42. The lowest BCUT2D eigenvalue weighted by Crippen LogP contribution is -1.97. The van der Waals surface area contributed by atoms with Crippen LogP contribution in [0, 0.1) is 0 Å². The molecule has 0 saturated heterocycles. The molecule has 0 aliphatic carbocycles. The minimum absolute atomic E-state index is 0.338. The highest BCUT2D eigenvalue weighted by Gasteiger charge is 2.05. The molecule has 3 aromatic rings. The summed E-state index contributed by atoms with van der Waals surface area (Å²) in [5, 5.41) is 4.54. The number of pyridine rings is 1. The third-order valence-electron chi connectivity index (χ3n) is 2.54. The normalized spacial score (nSPS) is 10.5. The average molecular weight is 257 g/mol. The monoisotopic (exact) mass is 256 g/mol. The van der Waals surface area contributed by atoms with Crippen LogP contribution in [0.5, 0.6) is 0 Å². The number of hydrogen-bond donors (Lipinski definition) is 1. The quantitative estimate of drug-likeness (QED) is 0.763. The van der Waals surface area contributed by atoms with Crippen molar-refractivity contribution in [1.29, 1.82) is 0 Å². The van der Waals surface area contributed by atoms with Crippen LogP contribution in [0.2, 0.25) is 5.15 Å². The van der Waals surface area contributed by atoms with Gasteiger partial charge < -0.3 is 5.32 Å². The highest BCUT2D eigenvalue weighted by Crippen LogP contribution is 2.25. The Morgan fingerprint density at radius 2 is 1.72 bits per heavy atom. The fraction of sp³-hybridized carbons (Fsp3) is 0. The number of aromatic nitrogens is 3. The summed E-state index contributed by atoms with van der Waals surface area (Å²) in [6.45, 7) is 0. The van der Waals surface area contributed by atoms with Gasteiger partial charge in [0.1, 0.15) is 0 Å². The van der Waals surface area contributed by atoms with Gasteiger partial charge in [0.15, 0.2) is 11.0 Å². The molecular weight excluding hydrogens is 248 g/mol. The van der Waals surface area contributed by atoms with Crippen molar-refractivity contribution in [3.8, 4) is 0 Å². The van der Waals surface area contributed by atoms with Gasteiger partial charge in [-0.2, -0.15) is 0 Å². The van der Waals surface area contributed by atoms with Crippen LogP contribution >= 0.6 is 11.6 Å². The summed E-state index contributed by atoms with van der Waals surface area (Å²) >= 11 is 5.97. The molecular formula is C13H9ClN4. The lowest BCUT2D eigenvalue weighted by atomic mass is 10.2. The Bertz CT molecular complexity index is 694. The number of fused-ring (bicyclic) bond motifs is 1. The lowest BCUT2D eigenvalue weighted by molar-refractivity contribution is 1.20.